The van der Waals surface area contributed by atoms with Gasteiger partial charge in [0.2, 0.25) is 5.91 Å². The average Bonchev–Trinajstić information content (AvgIpc) is 2.25. The van der Waals surface area contributed by atoms with Gasteiger partial charge in [-0.1, -0.05) is 36.4 Å². The Bertz CT molecular complexity index is 322. The Morgan fingerprint density at radius 1 is 1.53 bits per heavy atom. The number of carbonyl (C=O) groups is 1. The normalized spacial score (nSPS) is 11.8. The molecule has 0 fully saturated rings. The number of nitrogens with one attached hydrogen (secondary N) is 1. The minimum Gasteiger partial charge on any atom is -0.273 e. The van der Waals surface area contributed by atoms with Gasteiger partial charge in [-0.2, -0.15) is 0 Å². The quantitative estimate of drug-likeness (QED) is 0.590. The summed E-state index contributed by atoms with van der Waals surface area (Å²) in [5, 5.41) is 0. The van der Waals surface area contributed by atoms with Crippen LogP contribution in [-0.2, 0) is 9.63 Å². The second kappa shape index (κ2) is 5.98. The van der Waals surface area contributed by atoms with Crippen molar-refractivity contribution in [1.29, 1.82) is 0 Å². The Morgan fingerprint density at radius 3 is 2.73 bits per heavy atom. The summed E-state index contributed by atoms with van der Waals surface area (Å²) in [7, 11) is 0. The highest BCUT2D eigenvalue weighted by Crippen LogP contribution is 2.16. The van der Waals surface area contributed by atoms with Crippen molar-refractivity contribution in [2.75, 3.05) is 6.61 Å². The first-order chi connectivity index (χ1) is 7.24. The third kappa shape index (κ3) is 3.95. The lowest BCUT2D eigenvalue weighted by atomic mass is 10.0. The molecule has 1 amide bonds. The lowest BCUT2D eigenvalue weighted by Crippen LogP contribution is -2.22. The van der Waals surface area contributed by atoms with Crippen LogP contribution in [0.4, 0.5) is 0 Å². The van der Waals surface area contributed by atoms with Gasteiger partial charge in [0.15, 0.2) is 0 Å². The van der Waals surface area contributed by atoms with E-state index in [4.69, 9.17) is 4.84 Å². The summed E-state index contributed by atoms with van der Waals surface area (Å²) < 4.78 is 0. The summed E-state index contributed by atoms with van der Waals surface area (Å²) in [6.45, 7) is 5.55. The van der Waals surface area contributed by atoms with Crippen LogP contribution in [0.25, 0.3) is 0 Å². The highest BCUT2D eigenvalue weighted by molar-refractivity contribution is 5.71. The molecule has 0 saturated heterocycles. The lowest BCUT2D eigenvalue weighted by molar-refractivity contribution is -0.131. The lowest BCUT2D eigenvalue weighted by Gasteiger charge is -2.12. The van der Waals surface area contributed by atoms with E-state index >= 15 is 0 Å². The van der Waals surface area contributed by atoms with Gasteiger partial charge in [-0.3, -0.25) is 9.63 Å². The molecule has 0 unspecified atom stereocenters. The molecule has 0 heterocycles. The third-order valence-corrected chi connectivity index (χ3v) is 1.99. The van der Waals surface area contributed by atoms with E-state index in [0.717, 1.165) is 5.56 Å². The van der Waals surface area contributed by atoms with Crippen LogP contribution < -0.4 is 5.48 Å². The smallest absolute Gasteiger partial charge is 0.240 e. The van der Waals surface area contributed by atoms with Crippen molar-refractivity contribution in [3.05, 3.63) is 48.6 Å². The second-order valence-electron chi connectivity index (χ2n) is 3.22. The molecule has 0 spiro atoms. The van der Waals surface area contributed by atoms with Crippen molar-refractivity contribution in [3.63, 3.8) is 0 Å². The number of amides is 1. The monoisotopic (exact) mass is 205 g/mol. The van der Waals surface area contributed by atoms with Crippen LogP contribution in [0.2, 0.25) is 0 Å². The molecule has 1 N–H and O–H groups in total. The molecule has 3 heteroatoms. The maximum absolute atomic E-state index is 10.6. The number of carbonyl (C=O) groups excluding carboxylic acids is 1. The zero-order valence-electron chi connectivity index (χ0n) is 8.77. The van der Waals surface area contributed by atoms with Crippen LogP contribution >= 0.6 is 0 Å². The van der Waals surface area contributed by atoms with Gasteiger partial charge in [0, 0.05) is 12.8 Å². The average molecular weight is 205 g/mol. The number of hydrogen-bond acceptors (Lipinski definition) is 2. The van der Waals surface area contributed by atoms with E-state index in [2.05, 4.69) is 12.1 Å². The molecule has 0 aliphatic carbocycles. The second-order valence-corrected chi connectivity index (χ2v) is 3.22. The van der Waals surface area contributed by atoms with Crippen LogP contribution in [-0.4, -0.2) is 12.5 Å². The Kier molecular flexibility index (Phi) is 4.57. The molecule has 1 aromatic rings. The van der Waals surface area contributed by atoms with E-state index in [-0.39, 0.29) is 11.8 Å². The summed E-state index contributed by atoms with van der Waals surface area (Å²) in [6, 6.07) is 9.89. The molecular weight excluding hydrogens is 190 g/mol. The molecule has 3 nitrogen and oxygen atoms in total. The van der Waals surface area contributed by atoms with E-state index in [1.54, 1.807) is 6.08 Å². The molecule has 0 aliphatic rings. The van der Waals surface area contributed by atoms with Gasteiger partial charge >= 0.3 is 0 Å². The van der Waals surface area contributed by atoms with E-state index in [9.17, 15) is 4.79 Å². The summed E-state index contributed by atoms with van der Waals surface area (Å²) in [4.78, 5) is 15.6. The van der Waals surface area contributed by atoms with Crippen molar-refractivity contribution >= 4 is 5.91 Å². The molecule has 1 rings (SSSR count). The minimum atomic E-state index is -0.203. The number of benzene rings is 1. The summed E-state index contributed by atoms with van der Waals surface area (Å²) in [5.74, 6) is -0.107. The maximum atomic E-state index is 10.6. The van der Waals surface area contributed by atoms with E-state index in [0.29, 0.717) is 6.61 Å². The third-order valence-electron chi connectivity index (χ3n) is 1.99. The summed E-state index contributed by atoms with van der Waals surface area (Å²) in [6.07, 6.45) is 1.80. The van der Waals surface area contributed by atoms with Gasteiger partial charge in [0.05, 0.1) is 6.61 Å². The van der Waals surface area contributed by atoms with E-state index in [1.165, 1.54) is 6.92 Å². The van der Waals surface area contributed by atoms with Crippen molar-refractivity contribution < 1.29 is 9.63 Å². The molecule has 0 aromatic heterocycles. The van der Waals surface area contributed by atoms with Gasteiger partial charge in [-0.25, -0.2) is 5.48 Å². The molecule has 1 aromatic carbocycles. The van der Waals surface area contributed by atoms with Crippen molar-refractivity contribution in [2.24, 2.45) is 0 Å². The number of hydrogen-bond donors (Lipinski definition) is 1. The first kappa shape index (κ1) is 11.5. The largest absolute Gasteiger partial charge is 0.273 e. The van der Waals surface area contributed by atoms with Gasteiger partial charge < -0.3 is 0 Å². The standard InChI is InChI=1S/C12H15NO2/c1-3-11(9-15-13-10(2)14)12-7-5-4-6-8-12/h3-8,11H,1,9H2,2H3,(H,13,14)/t11-/m1/s1. The molecule has 15 heavy (non-hydrogen) atoms. The fourth-order valence-electron chi connectivity index (χ4n) is 1.23. The Hall–Kier alpha value is -1.61. The summed E-state index contributed by atoms with van der Waals surface area (Å²) >= 11 is 0. The Morgan fingerprint density at radius 2 is 2.20 bits per heavy atom. The zero-order chi connectivity index (χ0) is 11.1. The molecule has 0 saturated carbocycles. The highest BCUT2D eigenvalue weighted by Gasteiger charge is 2.07. The molecule has 0 radical (unpaired) electrons. The molecule has 1 atom stereocenters. The van der Waals surface area contributed by atoms with Crippen LogP contribution in [0.1, 0.15) is 18.4 Å². The van der Waals surface area contributed by atoms with Crippen LogP contribution in [0.3, 0.4) is 0 Å². The van der Waals surface area contributed by atoms with E-state index in [1.807, 2.05) is 30.3 Å². The van der Waals surface area contributed by atoms with Gasteiger partial charge in [-0.15, -0.1) is 6.58 Å². The van der Waals surface area contributed by atoms with Crippen LogP contribution in [0.15, 0.2) is 43.0 Å². The predicted octanol–water partition coefficient (Wildman–Crippen LogP) is 2.02. The maximum Gasteiger partial charge on any atom is 0.240 e. The van der Waals surface area contributed by atoms with Crippen LogP contribution in [0, 0.1) is 0 Å². The van der Waals surface area contributed by atoms with Gasteiger partial charge in [0.25, 0.3) is 0 Å². The predicted molar refractivity (Wildman–Crippen MR) is 59.1 cm³/mol. The van der Waals surface area contributed by atoms with Gasteiger partial charge in [0.1, 0.15) is 0 Å². The molecular formula is C12H15NO2. The van der Waals surface area contributed by atoms with E-state index < -0.39 is 0 Å². The number of hydroxylamine groups is 1. The van der Waals surface area contributed by atoms with Crippen molar-refractivity contribution in [2.45, 2.75) is 12.8 Å². The van der Waals surface area contributed by atoms with Crippen molar-refractivity contribution in [3.8, 4) is 0 Å². The SMILES string of the molecule is C=C[C@H](CONC(C)=O)c1ccccc1. The fraction of sp³-hybridized carbons (Fsp3) is 0.250. The Balaban J connectivity index is 2.50. The fourth-order valence-corrected chi connectivity index (χ4v) is 1.23. The Labute approximate surface area is 89.7 Å². The summed E-state index contributed by atoms with van der Waals surface area (Å²) in [5.41, 5.74) is 3.42. The highest BCUT2D eigenvalue weighted by atomic mass is 16.6. The molecule has 0 bridgehead atoms. The number of rotatable bonds is 5. The molecule has 80 valence electrons. The zero-order valence-corrected chi connectivity index (χ0v) is 8.77. The van der Waals surface area contributed by atoms with Gasteiger partial charge in [-0.05, 0) is 5.56 Å². The van der Waals surface area contributed by atoms with Crippen molar-refractivity contribution in [1.82, 2.24) is 5.48 Å². The minimum absolute atomic E-state index is 0.0954. The topological polar surface area (TPSA) is 38.3 Å². The first-order valence-electron chi connectivity index (χ1n) is 4.80. The van der Waals surface area contributed by atoms with Crippen LogP contribution in [0.5, 0.6) is 0 Å². The molecule has 0 aliphatic heterocycles. The first-order valence-corrected chi connectivity index (χ1v) is 4.80.